The molecular formula is C16H17N3O6S. The van der Waals surface area contributed by atoms with Crippen molar-refractivity contribution in [3.63, 3.8) is 0 Å². The average Bonchev–Trinajstić information content (AvgIpc) is 3.30. The maximum absolute atomic E-state index is 12.6. The quantitative estimate of drug-likeness (QED) is 0.666. The number of hydrogen-bond acceptors (Lipinski definition) is 8. The summed E-state index contributed by atoms with van der Waals surface area (Å²) in [6, 6.07) is 7.44. The topological polar surface area (TPSA) is 117 Å². The van der Waals surface area contributed by atoms with Gasteiger partial charge in [-0.25, -0.2) is 0 Å². The van der Waals surface area contributed by atoms with Crippen LogP contribution in [0.5, 0.6) is 11.5 Å². The van der Waals surface area contributed by atoms with Crippen molar-refractivity contribution in [3.05, 3.63) is 36.2 Å². The minimum Gasteiger partial charge on any atom is -0.497 e. The van der Waals surface area contributed by atoms with Gasteiger partial charge in [0.15, 0.2) is 5.76 Å². The number of nitrogens with one attached hydrogen (secondary N) is 1. The van der Waals surface area contributed by atoms with Crippen molar-refractivity contribution in [2.45, 2.75) is 18.4 Å². The smallest absolute Gasteiger partial charge is 0.295 e. The first-order chi connectivity index (χ1) is 12.4. The number of nitrogens with zero attached hydrogens (tertiary/aromatic N) is 2. The highest BCUT2D eigenvalue weighted by Crippen LogP contribution is 2.29. The van der Waals surface area contributed by atoms with Crippen LogP contribution in [0.15, 0.2) is 44.3 Å². The standard InChI is InChI=1S/C16H17N3O6S/c1-4-14-17-18-16(25-14)13-5-6-15(24-13)26(20,21)19-10-7-11(22-2)9-12(8-10)23-3/h5-9,19H,4H2,1-3H3. The predicted octanol–water partition coefficient (Wildman–Crippen LogP) is 2.71. The molecule has 2 heterocycles. The highest BCUT2D eigenvalue weighted by Gasteiger charge is 2.22. The van der Waals surface area contributed by atoms with Gasteiger partial charge in [-0.15, -0.1) is 10.2 Å². The summed E-state index contributed by atoms with van der Waals surface area (Å²) in [6.45, 7) is 1.86. The van der Waals surface area contributed by atoms with Crippen LogP contribution >= 0.6 is 0 Å². The second kappa shape index (κ2) is 7.08. The zero-order chi connectivity index (χ0) is 18.7. The Kier molecular flexibility index (Phi) is 4.85. The van der Waals surface area contributed by atoms with Crippen LogP contribution in [0, 0.1) is 0 Å². The van der Waals surface area contributed by atoms with Gasteiger partial charge in [-0.1, -0.05) is 6.92 Å². The van der Waals surface area contributed by atoms with Gasteiger partial charge in [-0.05, 0) is 12.1 Å². The monoisotopic (exact) mass is 379 g/mol. The van der Waals surface area contributed by atoms with Crippen LogP contribution < -0.4 is 14.2 Å². The number of aromatic nitrogens is 2. The molecule has 2 aromatic heterocycles. The Hall–Kier alpha value is -3.01. The van der Waals surface area contributed by atoms with E-state index < -0.39 is 10.0 Å². The number of hydrogen-bond donors (Lipinski definition) is 1. The predicted molar refractivity (Wildman–Crippen MR) is 91.7 cm³/mol. The van der Waals surface area contributed by atoms with Crippen molar-refractivity contribution < 1.29 is 26.7 Å². The third-order valence-corrected chi connectivity index (χ3v) is 4.68. The average molecular weight is 379 g/mol. The third kappa shape index (κ3) is 3.64. The van der Waals surface area contributed by atoms with Crippen molar-refractivity contribution in [1.82, 2.24) is 10.2 Å². The van der Waals surface area contributed by atoms with E-state index in [4.69, 9.17) is 18.3 Å². The van der Waals surface area contributed by atoms with Gasteiger partial charge in [0.25, 0.3) is 15.9 Å². The van der Waals surface area contributed by atoms with Gasteiger partial charge >= 0.3 is 0 Å². The number of anilines is 1. The lowest BCUT2D eigenvalue weighted by molar-refractivity contribution is 0.395. The molecule has 0 atom stereocenters. The van der Waals surface area contributed by atoms with Gasteiger partial charge < -0.3 is 18.3 Å². The molecule has 9 nitrogen and oxygen atoms in total. The molecule has 10 heteroatoms. The van der Waals surface area contributed by atoms with Crippen molar-refractivity contribution in [3.8, 4) is 23.1 Å². The fourth-order valence-electron chi connectivity index (χ4n) is 2.15. The summed E-state index contributed by atoms with van der Waals surface area (Å²) in [4.78, 5) is 0. The van der Waals surface area contributed by atoms with Gasteiger partial charge in [-0.2, -0.15) is 8.42 Å². The fourth-order valence-corrected chi connectivity index (χ4v) is 3.12. The molecule has 1 N–H and O–H groups in total. The normalized spacial score (nSPS) is 11.3. The van der Waals surface area contributed by atoms with Crippen LogP contribution in [0.1, 0.15) is 12.8 Å². The summed E-state index contributed by atoms with van der Waals surface area (Å²) in [6.07, 6.45) is 0.568. The minimum atomic E-state index is -3.97. The number of rotatable bonds is 7. The van der Waals surface area contributed by atoms with Crippen LogP contribution in [0.25, 0.3) is 11.7 Å². The highest BCUT2D eigenvalue weighted by molar-refractivity contribution is 7.92. The summed E-state index contributed by atoms with van der Waals surface area (Å²) in [7, 11) is -1.02. The number of furan rings is 1. The first kappa shape index (κ1) is 17.8. The second-order valence-electron chi connectivity index (χ2n) is 5.18. The van der Waals surface area contributed by atoms with Crippen LogP contribution in [-0.2, 0) is 16.4 Å². The van der Waals surface area contributed by atoms with Crippen LogP contribution in [-0.4, -0.2) is 32.8 Å². The minimum absolute atomic E-state index is 0.117. The molecule has 138 valence electrons. The van der Waals surface area contributed by atoms with E-state index in [1.54, 1.807) is 6.07 Å². The van der Waals surface area contributed by atoms with E-state index in [9.17, 15) is 8.42 Å². The highest BCUT2D eigenvalue weighted by atomic mass is 32.2. The number of aryl methyl sites for hydroxylation is 1. The molecule has 1 aromatic carbocycles. The second-order valence-corrected chi connectivity index (χ2v) is 6.79. The van der Waals surface area contributed by atoms with Crippen molar-refractivity contribution >= 4 is 15.7 Å². The molecule has 0 fully saturated rings. The molecule has 0 saturated heterocycles. The van der Waals surface area contributed by atoms with Gasteiger partial charge in [0.2, 0.25) is 11.0 Å². The molecule has 0 saturated carbocycles. The zero-order valence-corrected chi connectivity index (χ0v) is 15.2. The Morgan fingerprint density at radius 1 is 1.04 bits per heavy atom. The molecule has 3 rings (SSSR count). The Bertz CT molecular complexity index is 986. The van der Waals surface area contributed by atoms with Crippen LogP contribution in [0.4, 0.5) is 5.69 Å². The molecule has 3 aromatic rings. The zero-order valence-electron chi connectivity index (χ0n) is 14.3. The fraction of sp³-hybridized carbons (Fsp3) is 0.250. The van der Waals surface area contributed by atoms with Crippen LogP contribution in [0.2, 0.25) is 0 Å². The molecular weight excluding hydrogens is 362 g/mol. The Balaban J connectivity index is 1.87. The molecule has 26 heavy (non-hydrogen) atoms. The Morgan fingerprint density at radius 3 is 2.31 bits per heavy atom. The first-order valence-corrected chi connectivity index (χ1v) is 9.12. The van der Waals surface area contributed by atoms with Crippen molar-refractivity contribution in [2.75, 3.05) is 18.9 Å². The molecule has 0 aliphatic carbocycles. The lowest BCUT2D eigenvalue weighted by Crippen LogP contribution is -2.12. The first-order valence-electron chi connectivity index (χ1n) is 7.63. The van der Waals surface area contributed by atoms with Gasteiger partial charge in [-0.3, -0.25) is 4.72 Å². The molecule has 0 amide bonds. The van der Waals surface area contributed by atoms with Crippen molar-refractivity contribution in [1.29, 1.82) is 0 Å². The lowest BCUT2D eigenvalue weighted by atomic mass is 10.3. The van der Waals surface area contributed by atoms with E-state index >= 15 is 0 Å². The third-order valence-electron chi connectivity index (χ3n) is 3.43. The van der Waals surface area contributed by atoms with E-state index in [2.05, 4.69) is 14.9 Å². The van der Waals surface area contributed by atoms with E-state index in [0.717, 1.165) is 0 Å². The maximum Gasteiger partial charge on any atom is 0.295 e. The van der Waals surface area contributed by atoms with E-state index in [1.807, 2.05) is 6.92 Å². The van der Waals surface area contributed by atoms with Crippen molar-refractivity contribution in [2.24, 2.45) is 0 Å². The Labute approximate surface area is 150 Å². The molecule has 0 aliphatic rings. The van der Waals surface area contributed by atoms with E-state index in [1.165, 1.54) is 38.5 Å². The summed E-state index contributed by atoms with van der Waals surface area (Å²) < 4.78 is 48.5. The number of ether oxygens (including phenoxy) is 2. The lowest BCUT2D eigenvalue weighted by Gasteiger charge is -2.10. The van der Waals surface area contributed by atoms with Gasteiger partial charge in [0, 0.05) is 24.6 Å². The molecule has 0 aliphatic heterocycles. The maximum atomic E-state index is 12.6. The number of benzene rings is 1. The Morgan fingerprint density at radius 2 is 1.73 bits per heavy atom. The molecule has 0 spiro atoms. The van der Waals surface area contributed by atoms with E-state index in [-0.39, 0.29) is 22.4 Å². The summed E-state index contributed by atoms with van der Waals surface area (Å²) >= 11 is 0. The summed E-state index contributed by atoms with van der Waals surface area (Å²) in [5, 5.41) is 7.36. The van der Waals surface area contributed by atoms with Gasteiger partial charge in [0.05, 0.1) is 19.9 Å². The largest absolute Gasteiger partial charge is 0.497 e. The molecule has 0 unspecified atom stereocenters. The molecule has 0 radical (unpaired) electrons. The SMILES string of the molecule is CCc1nnc(-c2ccc(S(=O)(=O)Nc3cc(OC)cc(OC)c3)o2)o1. The van der Waals surface area contributed by atoms with Crippen LogP contribution in [0.3, 0.4) is 0 Å². The summed E-state index contributed by atoms with van der Waals surface area (Å²) in [5.41, 5.74) is 0.269. The summed E-state index contributed by atoms with van der Waals surface area (Å²) in [5.74, 6) is 1.61. The van der Waals surface area contributed by atoms with E-state index in [0.29, 0.717) is 23.8 Å². The number of sulfonamides is 1. The van der Waals surface area contributed by atoms with Gasteiger partial charge in [0.1, 0.15) is 11.5 Å². The molecule has 0 bridgehead atoms. The number of methoxy groups -OCH3 is 2.